The fourth-order valence-electron chi connectivity index (χ4n) is 5.18. The van der Waals surface area contributed by atoms with E-state index >= 15 is 0 Å². The van der Waals surface area contributed by atoms with Crippen molar-refractivity contribution in [2.75, 3.05) is 23.4 Å². The first kappa shape index (κ1) is 28.5. The third-order valence-corrected chi connectivity index (χ3v) is 7.22. The van der Waals surface area contributed by atoms with Gasteiger partial charge in [0.05, 0.1) is 11.4 Å². The molecular formula is C33H32FN5O3. The Morgan fingerprint density at radius 3 is 2.29 bits per heavy atom. The first-order valence-corrected chi connectivity index (χ1v) is 13.7. The molecule has 1 saturated heterocycles. The Morgan fingerprint density at radius 1 is 0.952 bits per heavy atom. The number of ether oxygens (including phenoxy) is 1. The highest BCUT2D eigenvalue weighted by Gasteiger charge is 2.39. The van der Waals surface area contributed by atoms with Crippen LogP contribution in [0.3, 0.4) is 0 Å². The monoisotopic (exact) mass is 565 g/mol. The number of carbonyl (C=O) groups excluding carboxylic acids is 2. The van der Waals surface area contributed by atoms with Crippen molar-refractivity contribution in [2.45, 2.75) is 18.9 Å². The fraction of sp³-hybridized carbons (Fsp3) is 0.182. The maximum absolute atomic E-state index is 13.6. The maximum atomic E-state index is 13.6. The van der Waals surface area contributed by atoms with Crippen molar-refractivity contribution < 1.29 is 18.7 Å². The van der Waals surface area contributed by atoms with Crippen molar-refractivity contribution in [1.29, 1.82) is 0 Å². The van der Waals surface area contributed by atoms with Crippen molar-refractivity contribution >= 4 is 35.6 Å². The Morgan fingerprint density at radius 2 is 1.60 bits per heavy atom. The summed E-state index contributed by atoms with van der Waals surface area (Å²) < 4.78 is 18.9. The molecular weight excluding hydrogens is 533 g/mol. The number of aliphatic imine (C=N–C) groups is 1. The SMILES string of the molecule is C=Nc1ccccc1N(N)CC(=O)N1C[C@H](Cc2ccccc2)C[C@H]1C(=O)Nc1ccc(Oc2ccc(F)cc2)cc1. The summed E-state index contributed by atoms with van der Waals surface area (Å²) in [5.74, 6) is 6.55. The van der Waals surface area contributed by atoms with Crippen molar-refractivity contribution in [2.24, 2.45) is 16.8 Å². The normalized spacial score (nSPS) is 16.1. The zero-order valence-corrected chi connectivity index (χ0v) is 23.0. The van der Waals surface area contributed by atoms with Gasteiger partial charge < -0.3 is 15.0 Å². The summed E-state index contributed by atoms with van der Waals surface area (Å²) in [7, 11) is 0. The second kappa shape index (κ2) is 13.1. The summed E-state index contributed by atoms with van der Waals surface area (Å²) in [5.41, 5.74) is 2.86. The highest BCUT2D eigenvalue weighted by Crippen LogP contribution is 2.30. The lowest BCUT2D eigenvalue weighted by Crippen LogP contribution is -2.49. The smallest absolute Gasteiger partial charge is 0.247 e. The lowest BCUT2D eigenvalue weighted by Gasteiger charge is -2.27. The summed E-state index contributed by atoms with van der Waals surface area (Å²) >= 11 is 0. The average molecular weight is 566 g/mol. The van der Waals surface area contributed by atoms with Gasteiger partial charge in [0.25, 0.3) is 0 Å². The molecule has 0 aromatic heterocycles. The minimum Gasteiger partial charge on any atom is -0.457 e. The number of anilines is 2. The molecule has 3 N–H and O–H groups in total. The van der Waals surface area contributed by atoms with E-state index in [0.717, 1.165) is 12.0 Å². The molecule has 9 heteroatoms. The number of hydrogen-bond donors (Lipinski definition) is 2. The zero-order chi connectivity index (χ0) is 29.5. The molecule has 4 aromatic carbocycles. The molecule has 1 fully saturated rings. The number of hydrazine groups is 1. The van der Waals surface area contributed by atoms with Gasteiger partial charge in [0.2, 0.25) is 11.8 Å². The van der Waals surface area contributed by atoms with Crippen LogP contribution in [0.4, 0.5) is 21.5 Å². The molecule has 0 unspecified atom stereocenters. The van der Waals surface area contributed by atoms with E-state index in [-0.39, 0.29) is 30.1 Å². The Hall–Kier alpha value is -5.02. The predicted octanol–water partition coefficient (Wildman–Crippen LogP) is 5.73. The average Bonchev–Trinajstić information content (AvgIpc) is 3.44. The van der Waals surface area contributed by atoms with Gasteiger partial charge in [-0.15, -0.1) is 0 Å². The lowest BCUT2D eigenvalue weighted by molar-refractivity contribution is -0.135. The Bertz CT molecular complexity index is 1530. The molecule has 1 aliphatic rings. The van der Waals surface area contributed by atoms with Crippen LogP contribution in [-0.2, 0) is 16.0 Å². The second-order valence-corrected chi connectivity index (χ2v) is 10.2. The van der Waals surface area contributed by atoms with E-state index in [0.29, 0.717) is 41.5 Å². The van der Waals surface area contributed by atoms with E-state index in [1.165, 1.54) is 29.3 Å². The highest BCUT2D eigenvalue weighted by atomic mass is 19.1. The molecule has 8 nitrogen and oxygen atoms in total. The van der Waals surface area contributed by atoms with Gasteiger partial charge >= 0.3 is 0 Å². The van der Waals surface area contributed by atoms with Crippen LogP contribution in [0, 0.1) is 11.7 Å². The molecule has 0 saturated carbocycles. The summed E-state index contributed by atoms with van der Waals surface area (Å²) in [6.45, 7) is 3.90. The number of nitrogens with one attached hydrogen (secondary N) is 1. The highest BCUT2D eigenvalue weighted by molar-refractivity contribution is 5.98. The van der Waals surface area contributed by atoms with Crippen molar-refractivity contribution in [3.05, 3.63) is 115 Å². The Balaban J connectivity index is 1.29. The molecule has 4 aromatic rings. The summed E-state index contributed by atoms with van der Waals surface area (Å²) in [6.07, 6.45) is 1.27. The minimum atomic E-state index is -0.664. The van der Waals surface area contributed by atoms with Gasteiger partial charge in [-0.1, -0.05) is 42.5 Å². The minimum absolute atomic E-state index is 0.104. The summed E-state index contributed by atoms with van der Waals surface area (Å²) in [5, 5.41) is 4.29. The number of para-hydroxylation sites is 2. The van der Waals surface area contributed by atoms with E-state index in [2.05, 4.69) is 29.2 Å². The van der Waals surface area contributed by atoms with E-state index < -0.39 is 6.04 Å². The van der Waals surface area contributed by atoms with Gasteiger partial charge in [0.1, 0.15) is 29.9 Å². The number of nitrogens with two attached hydrogens (primary N) is 1. The van der Waals surface area contributed by atoms with E-state index in [1.807, 2.05) is 30.3 Å². The van der Waals surface area contributed by atoms with Crippen molar-refractivity contribution in [3.63, 3.8) is 0 Å². The van der Waals surface area contributed by atoms with Crippen LogP contribution >= 0.6 is 0 Å². The van der Waals surface area contributed by atoms with Gasteiger partial charge in [-0.05, 0) is 91.7 Å². The van der Waals surface area contributed by atoms with E-state index in [9.17, 15) is 14.0 Å². The molecule has 2 atom stereocenters. The van der Waals surface area contributed by atoms with E-state index in [1.54, 1.807) is 41.3 Å². The molecule has 0 radical (unpaired) electrons. The second-order valence-electron chi connectivity index (χ2n) is 10.2. The molecule has 1 heterocycles. The summed E-state index contributed by atoms with van der Waals surface area (Å²) in [4.78, 5) is 32.7. The van der Waals surface area contributed by atoms with Crippen LogP contribution in [0.5, 0.6) is 11.5 Å². The topological polar surface area (TPSA) is 100 Å². The molecule has 214 valence electrons. The molecule has 0 aliphatic carbocycles. The predicted molar refractivity (Wildman–Crippen MR) is 162 cm³/mol. The lowest BCUT2D eigenvalue weighted by atomic mass is 9.96. The van der Waals surface area contributed by atoms with Gasteiger partial charge in [-0.3, -0.25) is 19.6 Å². The quantitative estimate of drug-likeness (QED) is 0.145. The van der Waals surface area contributed by atoms with Gasteiger partial charge in [0.15, 0.2) is 0 Å². The molecule has 1 aliphatic heterocycles. The number of hydrogen-bond acceptors (Lipinski definition) is 6. The first-order chi connectivity index (χ1) is 20.4. The molecule has 5 rings (SSSR count). The van der Waals surface area contributed by atoms with Crippen LogP contribution in [-0.4, -0.2) is 42.6 Å². The maximum Gasteiger partial charge on any atom is 0.247 e. The van der Waals surface area contributed by atoms with Crippen LogP contribution in [0.2, 0.25) is 0 Å². The number of rotatable bonds is 10. The van der Waals surface area contributed by atoms with Crippen molar-refractivity contribution in [3.8, 4) is 11.5 Å². The summed E-state index contributed by atoms with van der Waals surface area (Å²) in [6, 6.07) is 29.1. The third-order valence-electron chi connectivity index (χ3n) is 7.22. The molecule has 0 spiro atoms. The fourth-order valence-corrected chi connectivity index (χ4v) is 5.18. The third kappa shape index (κ3) is 7.00. The van der Waals surface area contributed by atoms with Crippen LogP contribution in [0.25, 0.3) is 0 Å². The number of amides is 2. The molecule has 2 amide bonds. The number of halogens is 1. The Kier molecular flexibility index (Phi) is 8.89. The van der Waals surface area contributed by atoms with Crippen LogP contribution in [0.1, 0.15) is 12.0 Å². The number of benzene rings is 4. The van der Waals surface area contributed by atoms with Crippen LogP contribution in [0.15, 0.2) is 108 Å². The van der Waals surface area contributed by atoms with Crippen molar-refractivity contribution in [1.82, 2.24) is 4.90 Å². The molecule has 0 bridgehead atoms. The Labute approximate surface area is 244 Å². The van der Waals surface area contributed by atoms with E-state index in [4.69, 9.17) is 10.6 Å². The number of carbonyl (C=O) groups is 2. The molecule has 42 heavy (non-hydrogen) atoms. The first-order valence-electron chi connectivity index (χ1n) is 13.7. The van der Waals surface area contributed by atoms with Crippen LogP contribution < -0.4 is 20.9 Å². The van der Waals surface area contributed by atoms with Gasteiger partial charge in [-0.2, -0.15) is 0 Å². The van der Waals surface area contributed by atoms with Gasteiger partial charge in [0, 0.05) is 12.2 Å². The zero-order valence-electron chi connectivity index (χ0n) is 23.0. The standard InChI is InChI=1S/C33H32FN5O3/c1-36-29-9-5-6-10-30(29)39(35)22-32(40)38-21-24(19-23-7-3-2-4-8-23)20-31(38)33(41)37-26-13-17-28(18-14-26)42-27-15-11-25(34)12-16-27/h2-18,24,31H,1,19-22,35H2,(H,37,41)/t24-,31+/m1/s1. The number of nitrogens with zero attached hydrogens (tertiary/aromatic N) is 3. The van der Waals surface area contributed by atoms with Gasteiger partial charge in [-0.25, -0.2) is 10.2 Å². The largest absolute Gasteiger partial charge is 0.457 e. The number of likely N-dealkylation sites (tertiary alicyclic amines) is 1.